The van der Waals surface area contributed by atoms with E-state index < -0.39 is 0 Å². The number of anilines is 2. The summed E-state index contributed by atoms with van der Waals surface area (Å²) in [5, 5.41) is 5.71. The van der Waals surface area contributed by atoms with E-state index in [4.69, 9.17) is 8.83 Å². The van der Waals surface area contributed by atoms with E-state index in [9.17, 15) is 4.79 Å². The molecular weight excluding hydrogens is 476 g/mol. The van der Waals surface area contributed by atoms with Crippen LogP contribution >= 0.6 is 0 Å². The molecule has 0 aliphatic carbocycles. The van der Waals surface area contributed by atoms with Crippen molar-refractivity contribution in [3.8, 4) is 22.9 Å². The molecule has 0 aliphatic rings. The fraction of sp³-hybridized carbons (Fsp3) is 0.129. The molecule has 0 atom stereocenters. The van der Waals surface area contributed by atoms with Crippen molar-refractivity contribution in [2.24, 2.45) is 0 Å². The number of oxazole rings is 2. The van der Waals surface area contributed by atoms with E-state index in [1.165, 1.54) is 11.1 Å². The molecular formula is C31H26N4O3. The molecule has 38 heavy (non-hydrogen) atoms. The van der Waals surface area contributed by atoms with E-state index in [1.54, 1.807) is 0 Å². The van der Waals surface area contributed by atoms with Crippen LogP contribution in [0.15, 0.2) is 81.6 Å². The summed E-state index contributed by atoms with van der Waals surface area (Å²) in [6, 6.07) is 22.5. The zero-order valence-corrected chi connectivity index (χ0v) is 21.5. The van der Waals surface area contributed by atoms with E-state index >= 15 is 0 Å². The normalized spacial score (nSPS) is 11.3. The molecule has 6 rings (SSSR count). The number of aromatic nitrogens is 2. The Morgan fingerprint density at radius 1 is 0.579 bits per heavy atom. The number of amides is 2. The van der Waals surface area contributed by atoms with Gasteiger partial charge < -0.3 is 19.5 Å². The maximum Gasteiger partial charge on any atom is 0.323 e. The van der Waals surface area contributed by atoms with E-state index in [2.05, 4.69) is 48.3 Å². The first kappa shape index (κ1) is 23.5. The minimum atomic E-state index is -0.342. The second kappa shape index (κ2) is 9.19. The number of carbonyl (C=O) groups excluding carboxylic acids is 1. The summed E-state index contributed by atoms with van der Waals surface area (Å²) in [5.74, 6) is 1.09. The molecule has 0 aliphatic heterocycles. The van der Waals surface area contributed by atoms with Gasteiger partial charge >= 0.3 is 6.03 Å². The van der Waals surface area contributed by atoms with Crippen molar-refractivity contribution in [2.75, 3.05) is 10.6 Å². The first-order valence-electron chi connectivity index (χ1n) is 12.4. The summed E-state index contributed by atoms with van der Waals surface area (Å²) < 4.78 is 11.9. The van der Waals surface area contributed by atoms with Crippen molar-refractivity contribution in [2.45, 2.75) is 27.7 Å². The van der Waals surface area contributed by atoms with Gasteiger partial charge in [0.15, 0.2) is 11.2 Å². The Bertz CT molecular complexity index is 1600. The zero-order valence-electron chi connectivity index (χ0n) is 21.5. The van der Waals surface area contributed by atoms with Crippen molar-refractivity contribution in [1.29, 1.82) is 0 Å². The molecule has 2 N–H and O–H groups in total. The standard InChI is InChI=1S/C31H26N4O3/c1-17-13-25-27(15-19(17)3)37-29(34-25)21-5-9-23(10-6-21)32-31(36)33-24-11-7-22(8-12-24)30-35-26-14-18(2)20(4)16-28(26)38-30/h5-16H,1-4H3,(H2,32,33,36). The molecule has 7 heteroatoms. The molecule has 0 radical (unpaired) electrons. The lowest BCUT2D eigenvalue weighted by molar-refractivity contribution is 0.262. The van der Waals surface area contributed by atoms with Crippen LogP contribution in [0.3, 0.4) is 0 Å². The van der Waals surface area contributed by atoms with Gasteiger partial charge in [-0.25, -0.2) is 14.8 Å². The van der Waals surface area contributed by atoms with Crippen LogP contribution in [-0.2, 0) is 0 Å². The molecule has 0 bridgehead atoms. The number of nitrogens with one attached hydrogen (secondary N) is 2. The second-order valence-corrected chi connectivity index (χ2v) is 9.58. The van der Waals surface area contributed by atoms with Gasteiger partial charge in [0.25, 0.3) is 0 Å². The number of aryl methyl sites for hydroxylation is 4. The first-order chi connectivity index (χ1) is 18.3. The van der Waals surface area contributed by atoms with E-state index in [1.807, 2.05) is 72.8 Å². The highest BCUT2D eigenvalue weighted by molar-refractivity contribution is 6.00. The van der Waals surface area contributed by atoms with Crippen LogP contribution in [0.25, 0.3) is 45.1 Å². The lowest BCUT2D eigenvalue weighted by atomic mass is 10.1. The number of rotatable bonds is 4. The molecule has 0 saturated heterocycles. The number of nitrogens with zero attached hydrogens (tertiary/aromatic N) is 2. The predicted molar refractivity (Wildman–Crippen MR) is 150 cm³/mol. The van der Waals surface area contributed by atoms with E-state index in [0.717, 1.165) is 44.5 Å². The van der Waals surface area contributed by atoms with Gasteiger partial charge in [0, 0.05) is 22.5 Å². The molecule has 188 valence electrons. The van der Waals surface area contributed by atoms with Gasteiger partial charge in [-0.2, -0.15) is 0 Å². The Hall–Kier alpha value is -4.91. The Balaban J connectivity index is 1.11. The maximum absolute atomic E-state index is 12.6. The summed E-state index contributed by atoms with van der Waals surface area (Å²) in [4.78, 5) is 21.8. The van der Waals surface area contributed by atoms with Crippen molar-refractivity contribution in [3.63, 3.8) is 0 Å². The Morgan fingerprint density at radius 3 is 1.34 bits per heavy atom. The van der Waals surface area contributed by atoms with Crippen LogP contribution in [0.5, 0.6) is 0 Å². The van der Waals surface area contributed by atoms with Crippen LogP contribution in [0.4, 0.5) is 16.2 Å². The minimum absolute atomic E-state index is 0.342. The number of hydrogen-bond acceptors (Lipinski definition) is 5. The molecule has 0 fully saturated rings. The van der Waals surface area contributed by atoms with Gasteiger partial charge in [0.1, 0.15) is 11.0 Å². The van der Waals surface area contributed by atoms with E-state index in [0.29, 0.717) is 23.2 Å². The third-order valence-corrected chi connectivity index (χ3v) is 6.79. The fourth-order valence-electron chi connectivity index (χ4n) is 4.29. The summed E-state index contributed by atoms with van der Waals surface area (Å²) in [5.41, 5.74) is 10.8. The number of hydrogen-bond donors (Lipinski definition) is 2. The SMILES string of the molecule is Cc1cc2nc(-c3ccc(NC(=O)Nc4ccc(-c5nc6cc(C)c(C)cc6o5)cc4)cc3)oc2cc1C. The summed E-state index contributed by atoms with van der Waals surface area (Å²) in [7, 11) is 0. The average molecular weight is 503 g/mol. The van der Waals surface area contributed by atoms with Crippen LogP contribution in [0.1, 0.15) is 22.3 Å². The van der Waals surface area contributed by atoms with Gasteiger partial charge in [-0.1, -0.05) is 0 Å². The Labute approximate surface area is 219 Å². The average Bonchev–Trinajstić information content (AvgIpc) is 3.49. The monoisotopic (exact) mass is 502 g/mol. The van der Waals surface area contributed by atoms with Gasteiger partial charge in [-0.15, -0.1) is 0 Å². The molecule has 2 aromatic heterocycles. The smallest absolute Gasteiger partial charge is 0.323 e. The van der Waals surface area contributed by atoms with Crippen LogP contribution in [0, 0.1) is 27.7 Å². The van der Waals surface area contributed by atoms with Crippen molar-refractivity contribution < 1.29 is 13.6 Å². The number of fused-ring (bicyclic) bond motifs is 2. The van der Waals surface area contributed by atoms with Crippen LogP contribution < -0.4 is 10.6 Å². The highest BCUT2D eigenvalue weighted by Gasteiger charge is 2.12. The van der Waals surface area contributed by atoms with E-state index in [-0.39, 0.29) is 6.03 Å². The van der Waals surface area contributed by atoms with Crippen molar-refractivity contribution in [1.82, 2.24) is 9.97 Å². The molecule has 0 unspecified atom stereocenters. The molecule has 2 amide bonds. The summed E-state index contributed by atoms with van der Waals surface area (Å²) in [6.07, 6.45) is 0. The van der Waals surface area contributed by atoms with Crippen molar-refractivity contribution in [3.05, 3.63) is 95.1 Å². The predicted octanol–water partition coefficient (Wildman–Crippen LogP) is 8.18. The zero-order chi connectivity index (χ0) is 26.4. The van der Waals surface area contributed by atoms with Crippen LogP contribution in [-0.4, -0.2) is 16.0 Å². The third kappa shape index (κ3) is 4.50. The van der Waals surface area contributed by atoms with Gasteiger partial charge in [-0.3, -0.25) is 0 Å². The molecule has 2 heterocycles. The minimum Gasteiger partial charge on any atom is -0.436 e. The summed E-state index contributed by atoms with van der Waals surface area (Å²) in [6.45, 7) is 8.22. The van der Waals surface area contributed by atoms with Crippen molar-refractivity contribution >= 4 is 39.6 Å². The Morgan fingerprint density at radius 2 is 0.947 bits per heavy atom. The maximum atomic E-state index is 12.6. The fourth-order valence-corrected chi connectivity index (χ4v) is 4.29. The number of benzene rings is 4. The second-order valence-electron chi connectivity index (χ2n) is 9.58. The Kier molecular flexibility index (Phi) is 5.68. The van der Waals surface area contributed by atoms with Crippen LogP contribution in [0.2, 0.25) is 0 Å². The lowest BCUT2D eigenvalue weighted by Gasteiger charge is -2.08. The highest BCUT2D eigenvalue weighted by atomic mass is 16.4. The molecule has 0 saturated carbocycles. The number of urea groups is 1. The molecule has 7 nitrogen and oxygen atoms in total. The highest BCUT2D eigenvalue weighted by Crippen LogP contribution is 2.29. The lowest BCUT2D eigenvalue weighted by Crippen LogP contribution is -2.19. The largest absolute Gasteiger partial charge is 0.436 e. The third-order valence-electron chi connectivity index (χ3n) is 6.79. The van der Waals surface area contributed by atoms with Gasteiger partial charge in [0.05, 0.1) is 0 Å². The first-order valence-corrected chi connectivity index (χ1v) is 12.4. The summed E-state index contributed by atoms with van der Waals surface area (Å²) >= 11 is 0. The molecule has 4 aromatic carbocycles. The molecule has 0 spiro atoms. The van der Waals surface area contributed by atoms with Gasteiger partial charge in [0.2, 0.25) is 11.8 Å². The number of carbonyl (C=O) groups is 1. The topological polar surface area (TPSA) is 93.2 Å². The molecule has 6 aromatic rings. The quantitative estimate of drug-likeness (QED) is 0.253. The van der Waals surface area contributed by atoms with Gasteiger partial charge in [-0.05, 0) is 123 Å².